The van der Waals surface area contributed by atoms with E-state index in [2.05, 4.69) is 83.4 Å². The number of carbonyl (C=O) groups is 2. The predicted molar refractivity (Wildman–Crippen MR) is 202 cm³/mol. The van der Waals surface area contributed by atoms with Crippen LogP contribution in [0.3, 0.4) is 0 Å². The van der Waals surface area contributed by atoms with Gasteiger partial charge in [0.25, 0.3) is 0 Å². The molecule has 0 unspecified atom stereocenters. The molecule has 0 aliphatic carbocycles. The highest BCUT2D eigenvalue weighted by molar-refractivity contribution is 6.32. The third-order valence-corrected chi connectivity index (χ3v) is 11.1. The molecule has 3 saturated heterocycles. The van der Waals surface area contributed by atoms with Crippen molar-refractivity contribution in [2.75, 3.05) is 49.1 Å². The van der Waals surface area contributed by atoms with E-state index < -0.39 is 0 Å². The summed E-state index contributed by atoms with van der Waals surface area (Å²) in [4.78, 5) is 43.8. The van der Waals surface area contributed by atoms with Gasteiger partial charge in [0, 0.05) is 76.4 Å². The second kappa shape index (κ2) is 14.2. The van der Waals surface area contributed by atoms with Crippen molar-refractivity contribution in [1.29, 1.82) is 0 Å². The molecule has 3 aliphatic rings. The predicted octanol–water partition coefficient (Wildman–Crippen LogP) is 6.06. The number of aryl methyl sites for hydroxylation is 2. The zero-order chi connectivity index (χ0) is 35.9. The average Bonchev–Trinajstić information content (AvgIpc) is 3.72. The molecule has 0 bridgehead atoms. The van der Waals surface area contributed by atoms with Crippen LogP contribution in [-0.2, 0) is 16.6 Å². The Labute approximate surface area is 308 Å². The summed E-state index contributed by atoms with van der Waals surface area (Å²) < 4.78 is 8.10. The van der Waals surface area contributed by atoms with Crippen molar-refractivity contribution >= 4 is 46.0 Å². The van der Waals surface area contributed by atoms with Crippen LogP contribution in [0.1, 0.15) is 49.8 Å². The number of hydrogen-bond acceptors (Lipinski definition) is 9. The number of aromatic amines is 1. The molecule has 0 spiro atoms. The second-order valence-electron chi connectivity index (χ2n) is 14.4. The topological polar surface area (TPSA) is 125 Å². The standard InChI is InChI=1S/C39H44ClN9O3/c1-24-21-47(22-26-14-16-48(17-15-26)28-6-4-27(5-7-28)31-12-13-34(50)42-39(31)51)18-19-49(24)29-8-10-30(11-9-29)52-36-33(40)20-41-38-35(36)43-37(44-38)32-23-46(3)45-25(32)2/h4-11,20,23-24,26,31H,12-19,21-22H2,1-3H3,(H,41,43,44)(H,42,50,51)/t24-,31-/m1/s1. The fourth-order valence-corrected chi connectivity index (χ4v) is 8.23. The molecule has 0 saturated carbocycles. The highest BCUT2D eigenvalue weighted by Gasteiger charge is 2.30. The largest absolute Gasteiger partial charge is 0.453 e. The van der Waals surface area contributed by atoms with Crippen molar-refractivity contribution in [3.63, 3.8) is 0 Å². The summed E-state index contributed by atoms with van der Waals surface area (Å²) in [5, 5.41) is 7.31. The van der Waals surface area contributed by atoms with Gasteiger partial charge in [0.15, 0.2) is 11.4 Å². The Balaban J connectivity index is 0.836. The summed E-state index contributed by atoms with van der Waals surface area (Å²) in [7, 11) is 1.88. The Morgan fingerprint density at radius 1 is 0.962 bits per heavy atom. The number of amides is 2. The zero-order valence-electron chi connectivity index (χ0n) is 29.8. The zero-order valence-corrected chi connectivity index (χ0v) is 30.6. The fourth-order valence-electron chi connectivity index (χ4n) is 8.04. The van der Waals surface area contributed by atoms with Crippen molar-refractivity contribution in [2.24, 2.45) is 13.0 Å². The summed E-state index contributed by atoms with van der Waals surface area (Å²) in [6.45, 7) is 10.5. The third-order valence-electron chi connectivity index (χ3n) is 10.8. The van der Waals surface area contributed by atoms with E-state index in [9.17, 15) is 9.59 Å². The summed E-state index contributed by atoms with van der Waals surface area (Å²) in [6, 6.07) is 17.0. The molecule has 2 aromatic carbocycles. The van der Waals surface area contributed by atoms with Crippen molar-refractivity contribution in [3.8, 4) is 22.9 Å². The molecule has 2 atom stereocenters. The van der Waals surface area contributed by atoms with Crippen molar-refractivity contribution in [2.45, 2.75) is 51.5 Å². The number of pyridine rings is 1. The third kappa shape index (κ3) is 6.97. The van der Waals surface area contributed by atoms with Crippen LogP contribution in [0.15, 0.2) is 60.9 Å². The van der Waals surface area contributed by atoms with Crippen LogP contribution >= 0.6 is 11.6 Å². The Hall–Kier alpha value is -4.94. The van der Waals surface area contributed by atoms with E-state index in [1.165, 1.54) is 24.2 Å². The highest BCUT2D eigenvalue weighted by atomic mass is 35.5. The van der Waals surface area contributed by atoms with Crippen LogP contribution in [-0.4, -0.2) is 86.8 Å². The number of carbonyl (C=O) groups excluding carboxylic acids is 2. The molecule has 3 aliphatic heterocycles. The van der Waals surface area contributed by atoms with Gasteiger partial charge < -0.3 is 19.5 Å². The number of nitrogens with zero attached hydrogens (tertiary/aromatic N) is 7. The van der Waals surface area contributed by atoms with Crippen LogP contribution < -0.4 is 19.9 Å². The van der Waals surface area contributed by atoms with Gasteiger partial charge in [-0.2, -0.15) is 5.10 Å². The molecule has 13 heteroatoms. The summed E-state index contributed by atoms with van der Waals surface area (Å²) in [6.07, 6.45) is 6.82. The van der Waals surface area contributed by atoms with E-state index >= 15 is 0 Å². The summed E-state index contributed by atoms with van der Waals surface area (Å²) in [5.41, 5.74) is 6.32. The van der Waals surface area contributed by atoms with Gasteiger partial charge in [-0.1, -0.05) is 23.7 Å². The van der Waals surface area contributed by atoms with Crippen molar-refractivity contribution < 1.29 is 14.3 Å². The molecular formula is C39H44ClN9O3. The number of rotatable bonds is 8. The number of fused-ring (bicyclic) bond motifs is 1. The summed E-state index contributed by atoms with van der Waals surface area (Å²) >= 11 is 6.59. The van der Waals surface area contributed by atoms with E-state index in [0.717, 1.165) is 56.1 Å². The van der Waals surface area contributed by atoms with E-state index in [1.807, 2.05) is 32.3 Å². The Morgan fingerprint density at radius 2 is 1.71 bits per heavy atom. The van der Waals surface area contributed by atoms with Gasteiger partial charge in [0.05, 0.1) is 23.4 Å². The molecule has 5 aromatic rings. The lowest BCUT2D eigenvalue weighted by atomic mass is 9.90. The van der Waals surface area contributed by atoms with Gasteiger partial charge >= 0.3 is 0 Å². The molecule has 2 amide bonds. The molecule has 0 radical (unpaired) electrons. The number of piperazine rings is 1. The minimum Gasteiger partial charge on any atom is -0.453 e. The minimum atomic E-state index is -0.238. The molecule has 8 rings (SSSR count). The van der Waals surface area contributed by atoms with E-state index in [-0.39, 0.29) is 17.7 Å². The van der Waals surface area contributed by atoms with Gasteiger partial charge in [-0.25, -0.2) is 9.97 Å². The number of nitrogens with one attached hydrogen (secondary N) is 2. The molecule has 6 heterocycles. The molecule has 3 fully saturated rings. The smallest absolute Gasteiger partial charge is 0.234 e. The maximum Gasteiger partial charge on any atom is 0.234 e. The van der Waals surface area contributed by atoms with Gasteiger partial charge in [-0.05, 0) is 81.0 Å². The van der Waals surface area contributed by atoms with Gasteiger partial charge in [-0.3, -0.25) is 24.5 Å². The van der Waals surface area contributed by atoms with E-state index in [0.29, 0.717) is 58.3 Å². The Kier molecular flexibility index (Phi) is 9.35. The lowest BCUT2D eigenvalue weighted by Gasteiger charge is -2.43. The number of hydrogen-bond donors (Lipinski definition) is 2. The Bertz CT molecular complexity index is 2090. The van der Waals surface area contributed by atoms with Crippen LogP contribution in [0.5, 0.6) is 11.5 Å². The normalized spacial score (nSPS) is 20.5. The number of halogens is 1. The number of imidazole rings is 1. The first-order chi connectivity index (χ1) is 25.2. The molecule has 3 aromatic heterocycles. The number of imide groups is 1. The van der Waals surface area contributed by atoms with Crippen LogP contribution in [0.25, 0.3) is 22.6 Å². The van der Waals surface area contributed by atoms with Crippen LogP contribution in [0.2, 0.25) is 5.02 Å². The monoisotopic (exact) mass is 721 g/mol. The summed E-state index contributed by atoms with van der Waals surface area (Å²) in [5.74, 6) is 1.94. The SMILES string of the molecule is Cc1nn(C)cc1-c1nc2ncc(Cl)c(Oc3ccc(N4CCN(CC5CCN(c6ccc([C@H]7CCC(=O)NC7=O)cc6)CC5)C[C@H]4C)cc3)c2[nH]1. The maximum absolute atomic E-state index is 12.3. The highest BCUT2D eigenvalue weighted by Crippen LogP contribution is 2.37. The van der Waals surface area contributed by atoms with Crippen LogP contribution in [0.4, 0.5) is 11.4 Å². The van der Waals surface area contributed by atoms with Crippen molar-refractivity contribution in [1.82, 2.24) is 34.9 Å². The first-order valence-electron chi connectivity index (χ1n) is 18.2. The quantitative estimate of drug-likeness (QED) is 0.184. The van der Waals surface area contributed by atoms with E-state index in [4.69, 9.17) is 16.3 Å². The van der Waals surface area contributed by atoms with Crippen LogP contribution in [0, 0.1) is 12.8 Å². The first-order valence-corrected chi connectivity index (χ1v) is 18.6. The lowest BCUT2D eigenvalue weighted by molar-refractivity contribution is -0.134. The maximum atomic E-state index is 12.3. The van der Waals surface area contributed by atoms with Gasteiger partial charge in [0.1, 0.15) is 22.1 Å². The first kappa shape index (κ1) is 34.2. The lowest BCUT2D eigenvalue weighted by Crippen LogP contribution is -2.53. The molecule has 2 N–H and O–H groups in total. The second-order valence-corrected chi connectivity index (χ2v) is 14.9. The number of anilines is 2. The molecule has 12 nitrogen and oxygen atoms in total. The number of ether oxygens (including phenoxy) is 1. The number of benzene rings is 2. The van der Waals surface area contributed by atoms with Gasteiger partial charge in [-0.15, -0.1) is 0 Å². The van der Waals surface area contributed by atoms with E-state index in [1.54, 1.807) is 10.9 Å². The number of aromatic nitrogens is 5. The number of piperidine rings is 2. The number of H-pyrrole nitrogens is 1. The molecule has 52 heavy (non-hydrogen) atoms. The minimum absolute atomic E-state index is 0.175. The average molecular weight is 722 g/mol. The Morgan fingerprint density at radius 3 is 2.40 bits per heavy atom. The molecular weight excluding hydrogens is 678 g/mol. The molecule has 270 valence electrons. The van der Waals surface area contributed by atoms with Crippen molar-refractivity contribution in [3.05, 3.63) is 77.2 Å². The van der Waals surface area contributed by atoms with Gasteiger partial charge in [0.2, 0.25) is 11.8 Å². The fraction of sp³-hybridized carbons (Fsp3) is 0.410.